The van der Waals surface area contributed by atoms with E-state index < -0.39 is 21.9 Å². The second kappa shape index (κ2) is 17.3. The zero-order valence-corrected chi connectivity index (χ0v) is 35.6. The molecule has 0 unspecified atom stereocenters. The molecular formula is C46H42N14O6. The van der Waals surface area contributed by atoms with Crippen LogP contribution in [-0.2, 0) is 14.1 Å². The molecule has 0 saturated heterocycles. The van der Waals surface area contributed by atoms with E-state index in [2.05, 4.69) is 43.6 Å². The molecule has 20 heteroatoms. The smallest absolute Gasteiger partial charge is 0.323 e. The molecule has 66 heavy (non-hydrogen) atoms. The zero-order chi connectivity index (χ0) is 46.2. The van der Waals surface area contributed by atoms with Crippen molar-refractivity contribution >= 4 is 79.9 Å². The van der Waals surface area contributed by atoms with Crippen molar-refractivity contribution in [2.75, 3.05) is 32.7 Å². The first-order chi connectivity index (χ1) is 31.8. The molecule has 2 saturated carbocycles. The van der Waals surface area contributed by atoms with Crippen LogP contribution in [0.3, 0.4) is 0 Å². The van der Waals surface area contributed by atoms with E-state index >= 15 is 0 Å². The van der Waals surface area contributed by atoms with Gasteiger partial charge in [-0.25, -0.2) is 28.9 Å². The Hall–Kier alpha value is -8.94. The third-order valence-electron chi connectivity index (χ3n) is 11.2. The average molecular weight is 887 g/mol. The quantitative estimate of drug-likeness (QED) is 0.0553. The lowest BCUT2D eigenvalue weighted by atomic mass is 10.0. The number of nitrogens with zero attached hydrogens (tertiary/aromatic N) is 8. The fraction of sp³-hybridized carbons (Fsp3) is 0.174. The maximum atomic E-state index is 12.4. The van der Waals surface area contributed by atoms with Crippen molar-refractivity contribution in [3.8, 4) is 22.3 Å². The summed E-state index contributed by atoms with van der Waals surface area (Å²) in [5.74, 6) is 1.79. The number of aryl methyl sites for hydroxylation is 2. The summed E-state index contributed by atoms with van der Waals surface area (Å²) in [6.45, 7) is 0. The number of para-hydroxylation sites is 2. The van der Waals surface area contributed by atoms with Crippen LogP contribution in [0.5, 0.6) is 0 Å². The number of aromatic nitrogens is 6. The number of carbonyl (C=O) groups excluding carboxylic acids is 2. The van der Waals surface area contributed by atoms with Gasteiger partial charge < -0.3 is 32.7 Å². The number of nitrogens with two attached hydrogens (primary N) is 2. The van der Waals surface area contributed by atoms with Gasteiger partial charge in [-0.05, 0) is 96.5 Å². The summed E-state index contributed by atoms with van der Waals surface area (Å²) < 4.78 is 3.40. The second-order valence-electron chi connectivity index (χ2n) is 16.0. The molecule has 0 radical (unpaired) electrons. The number of carbonyl (C=O) groups is 2. The molecule has 332 valence electrons. The highest BCUT2D eigenvalue weighted by atomic mass is 16.6. The molecule has 8 N–H and O–H groups in total. The molecule has 0 atom stereocenters. The van der Waals surface area contributed by atoms with Crippen molar-refractivity contribution in [3.63, 3.8) is 0 Å². The minimum atomic E-state index is -0.573. The van der Waals surface area contributed by atoms with Crippen LogP contribution >= 0.6 is 0 Å². The SMILES string of the molecule is Cn1nc(N)c2c(-c3ccc(NC(=O)Nc4cccc([N+](=O)[O-])c4)cc3)cc(C3CC3)nc21.Cn1nc(N)c2c(-c3ccc(NC(=O)Nc4ccccc4[N+](=O)[O-])cc3)cc(C3CC3)nc21. The molecule has 2 fully saturated rings. The van der Waals surface area contributed by atoms with Gasteiger partial charge in [-0.3, -0.25) is 20.2 Å². The number of anilines is 6. The Balaban J connectivity index is 0.000000166. The second-order valence-corrected chi connectivity index (χ2v) is 16.0. The van der Waals surface area contributed by atoms with Crippen LogP contribution in [0.4, 0.5) is 55.3 Å². The van der Waals surface area contributed by atoms with Crippen molar-refractivity contribution in [1.29, 1.82) is 0 Å². The fourth-order valence-corrected chi connectivity index (χ4v) is 7.71. The number of pyridine rings is 2. The van der Waals surface area contributed by atoms with Gasteiger partial charge in [0.1, 0.15) is 5.69 Å². The Morgan fingerprint density at radius 3 is 1.53 bits per heavy atom. The van der Waals surface area contributed by atoms with E-state index in [0.29, 0.717) is 40.5 Å². The number of benzene rings is 4. The largest absolute Gasteiger partial charge is 0.382 e. The summed E-state index contributed by atoms with van der Waals surface area (Å²) in [5.41, 5.74) is 21.0. The number of nitrogen functional groups attached to an aromatic ring is 2. The van der Waals surface area contributed by atoms with Crippen molar-refractivity contribution in [2.45, 2.75) is 37.5 Å². The molecule has 2 aliphatic carbocycles. The van der Waals surface area contributed by atoms with E-state index in [-0.39, 0.29) is 17.1 Å². The lowest BCUT2D eigenvalue weighted by molar-refractivity contribution is -0.384. The van der Waals surface area contributed by atoms with Crippen LogP contribution in [0, 0.1) is 20.2 Å². The molecule has 8 aromatic rings. The van der Waals surface area contributed by atoms with Gasteiger partial charge in [-0.2, -0.15) is 10.2 Å². The number of hydrogen-bond acceptors (Lipinski definition) is 12. The van der Waals surface area contributed by atoms with Gasteiger partial charge in [0.2, 0.25) is 0 Å². The van der Waals surface area contributed by atoms with Crippen LogP contribution in [0.2, 0.25) is 0 Å². The molecule has 4 heterocycles. The first-order valence-electron chi connectivity index (χ1n) is 20.9. The average Bonchev–Trinajstić information content (AvgIpc) is 4.25. The van der Waals surface area contributed by atoms with Crippen LogP contribution in [0.25, 0.3) is 44.3 Å². The molecular weight excluding hydrogens is 845 g/mol. The van der Waals surface area contributed by atoms with Crippen LogP contribution in [-0.4, -0.2) is 51.4 Å². The number of amides is 4. The van der Waals surface area contributed by atoms with Crippen molar-refractivity contribution < 1.29 is 19.4 Å². The van der Waals surface area contributed by atoms with Gasteiger partial charge in [0, 0.05) is 72.6 Å². The molecule has 4 amide bonds. The highest BCUT2D eigenvalue weighted by Gasteiger charge is 2.29. The molecule has 4 aromatic carbocycles. The fourth-order valence-electron chi connectivity index (χ4n) is 7.71. The van der Waals surface area contributed by atoms with E-state index in [4.69, 9.17) is 21.4 Å². The predicted octanol–water partition coefficient (Wildman–Crippen LogP) is 9.29. The van der Waals surface area contributed by atoms with Crippen LogP contribution in [0.15, 0.2) is 109 Å². The number of nitro benzene ring substituents is 2. The Bertz CT molecular complexity index is 3210. The van der Waals surface area contributed by atoms with E-state index in [1.807, 2.05) is 38.4 Å². The van der Waals surface area contributed by atoms with Gasteiger partial charge in [-0.1, -0.05) is 42.5 Å². The topological polar surface area (TPSA) is 282 Å². The van der Waals surface area contributed by atoms with E-state index in [1.54, 1.807) is 51.8 Å². The molecule has 10 rings (SSSR count). The van der Waals surface area contributed by atoms with Crippen molar-refractivity contribution in [3.05, 3.63) is 141 Å². The normalized spacial score (nSPS) is 13.1. The van der Waals surface area contributed by atoms with Crippen LogP contribution in [0.1, 0.15) is 48.9 Å². The van der Waals surface area contributed by atoms with Crippen LogP contribution < -0.4 is 32.7 Å². The number of non-ortho nitro benzene ring substituents is 1. The minimum absolute atomic E-state index is 0.0962. The first-order valence-corrected chi connectivity index (χ1v) is 20.9. The Morgan fingerprint density at radius 1 is 0.591 bits per heavy atom. The summed E-state index contributed by atoms with van der Waals surface area (Å²) in [6, 6.07) is 29.5. The number of rotatable bonds is 10. The van der Waals surface area contributed by atoms with Gasteiger partial charge >= 0.3 is 12.1 Å². The van der Waals surface area contributed by atoms with Crippen molar-refractivity contribution in [2.24, 2.45) is 14.1 Å². The summed E-state index contributed by atoms with van der Waals surface area (Å²) in [6.07, 6.45) is 4.52. The van der Waals surface area contributed by atoms with E-state index in [1.165, 1.54) is 30.3 Å². The maximum absolute atomic E-state index is 12.4. The maximum Gasteiger partial charge on any atom is 0.323 e. The highest BCUT2D eigenvalue weighted by Crippen LogP contribution is 2.44. The van der Waals surface area contributed by atoms with Gasteiger partial charge in [0.25, 0.3) is 11.4 Å². The highest BCUT2D eigenvalue weighted by molar-refractivity contribution is 6.04. The minimum Gasteiger partial charge on any atom is -0.382 e. The third kappa shape index (κ3) is 8.95. The number of fused-ring (bicyclic) bond motifs is 2. The van der Waals surface area contributed by atoms with E-state index in [9.17, 15) is 29.8 Å². The van der Waals surface area contributed by atoms with Gasteiger partial charge in [0.05, 0.1) is 20.6 Å². The molecule has 0 spiro atoms. The number of nitrogens with one attached hydrogen (secondary N) is 4. The van der Waals surface area contributed by atoms with E-state index in [0.717, 1.165) is 81.4 Å². The van der Waals surface area contributed by atoms with Gasteiger partial charge in [-0.15, -0.1) is 0 Å². The first kappa shape index (κ1) is 42.4. The summed E-state index contributed by atoms with van der Waals surface area (Å²) in [4.78, 5) is 55.2. The lowest BCUT2D eigenvalue weighted by Crippen LogP contribution is -2.20. The van der Waals surface area contributed by atoms with Gasteiger partial charge in [0.15, 0.2) is 22.9 Å². The molecule has 0 aliphatic heterocycles. The Labute approximate surface area is 375 Å². The molecule has 2 aliphatic rings. The summed E-state index contributed by atoms with van der Waals surface area (Å²) in [7, 11) is 3.66. The summed E-state index contributed by atoms with van der Waals surface area (Å²) >= 11 is 0. The molecule has 20 nitrogen and oxygen atoms in total. The Morgan fingerprint density at radius 2 is 1.06 bits per heavy atom. The summed E-state index contributed by atoms with van der Waals surface area (Å²) in [5, 5.41) is 42.9. The Kier molecular flexibility index (Phi) is 11.1. The molecule has 0 bridgehead atoms. The zero-order valence-electron chi connectivity index (χ0n) is 35.6. The molecule has 4 aromatic heterocycles. The third-order valence-corrected chi connectivity index (χ3v) is 11.2. The number of hydrogen-bond donors (Lipinski definition) is 6. The number of nitro groups is 2. The number of urea groups is 2. The monoisotopic (exact) mass is 886 g/mol. The van der Waals surface area contributed by atoms with Crippen molar-refractivity contribution in [1.82, 2.24) is 29.5 Å². The lowest BCUT2D eigenvalue weighted by Gasteiger charge is -2.10. The standard InChI is InChI=1S/2C23H21N7O3/c1-29-22-20(21(24)28-29)18(12-19(27-22)14-5-6-14)13-7-9-15(10-8-13)25-23(31)26-16-3-2-4-17(11-16)30(32)33;1-29-22-20(21(24)28-29)16(12-18(26-22)14-6-7-14)13-8-10-15(11-9-13)25-23(31)27-17-4-2-3-5-19(17)30(32)33/h2-4,7-12,14H,5-6H2,1H3,(H2,24,28)(H2,25,26,31);2-5,8-12,14H,6-7H2,1H3,(H2,24,28)(H2,25,27,31). The predicted molar refractivity (Wildman–Crippen MR) is 252 cm³/mol.